The lowest BCUT2D eigenvalue weighted by atomic mass is 9.96. The van der Waals surface area contributed by atoms with Gasteiger partial charge in [-0.3, -0.25) is 14.5 Å². The average Bonchev–Trinajstić information content (AvgIpc) is 3.62. The second kappa shape index (κ2) is 12.3. The van der Waals surface area contributed by atoms with Crippen LogP contribution in [0.3, 0.4) is 0 Å². The molecule has 6 rings (SSSR count). The summed E-state index contributed by atoms with van der Waals surface area (Å²) in [5, 5.41) is 8.60. The minimum absolute atomic E-state index is 0.0138. The lowest BCUT2D eigenvalue weighted by molar-refractivity contribution is -0.123. The van der Waals surface area contributed by atoms with E-state index in [0.29, 0.717) is 17.4 Å². The van der Waals surface area contributed by atoms with Gasteiger partial charge in [0, 0.05) is 29.3 Å². The van der Waals surface area contributed by atoms with Crippen LogP contribution in [-0.4, -0.2) is 53.1 Å². The molecule has 1 fully saturated rings. The Labute approximate surface area is 255 Å². The smallest absolute Gasteiger partial charge is 0.240 e. The number of aryl methyl sites for hydroxylation is 2. The van der Waals surface area contributed by atoms with Gasteiger partial charge in [0.25, 0.3) is 0 Å². The summed E-state index contributed by atoms with van der Waals surface area (Å²) in [6.45, 7) is 5.16. The number of nitrogens with one attached hydrogen (secondary N) is 1. The van der Waals surface area contributed by atoms with E-state index in [4.69, 9.17) is 21.4 Å². The van der Waals surface area contributed by atoms with Crippen LogP contribution in [0, 0.1) is 13.8 Å². The number of fused-ring (bicyclic) bond motifs is 1. The Balaban J connectivity index is 1.53. The molecule has 0 unspecified atom stereocenters. The number of rotatable bonds is 7. The lowest BCUT2D eigenvalue weighted by Gasteiger charge is -2.24. The first-order chi connectivity index (χ1) is 20.4. The van der Waals surface area contributed by atoms with E-state index in [-0.39, 0.29) is 35.5 Å². The molecule has 1 saturated heterocycles. The molecule has 2 aliphatic rings. The van der Waals surface area contributed by atoms with Crippen LogP contribution >= 0.6 is 23.4 Å². The summed E-state index contributed by atoms with van der Waals surface area (Å²) in [6.07, 6.45) is 1.93. The third-order valence-corrected chi connectivity index (χ3v) is 9.30. The summed E-state index contributed by atoms with van der Waals surface area (Å²) in [5.41, 5.74) is 6.70. The fourth-order valence-corrected chi connectivity index (χ4v) is 6.98. The zero-order valence-electron chi connectivity index (χ0n) is 23.7. The highest BCUT2D eigenvalue weighted by molar-refractivity contribution is 8.00. The number of ether oxygens (including phenoxy) is 1. The van der Waals surface area contributed by atoms with Crippen LogP contribution in [0.5, 0.6) is 0 Å². The molecule has 2 amide bonds. The third kappa shape index (κ3) is 5.84. The van der Waals surface area contributed by atoms with E-state index in [9.17, 15) is 9.59 Å². The Bertz CT molecular complexity index is 1600. The number of amides is 2. The molecule has 1 N–H and O–H groups in total. The van der Waals surface area contributed by atoms with Crippen LogP contribution in [0.25, 0.3) is 16.9 Å². The van der Waals surface area contributed by atoms with Gasteiger partial charge in [-0.25, -0.2) is 4.68 Å². The van der Waals surface area contributed by atoms with Gasteiger partial charge >= 0.3 is 0 Å². The first-order valence-electron chi connectivity index (χ1n) is 14.2. The van der Waals surface area contributed by atoms with Crippen molar-refractivity contribution in [2.75, 3.05) is 30.3 Å². The molecule has 0 saturated carbocycles. The van der Waals surface area contributed by atoms with Crippen LogP contribution in [0.15, 0.2) is 72.8 Å². The van der Waals surface area contributed by atoms with E-state index in [1.54, 1.807) is 16.7 Å². The topological polar surface area (TPSA) is 76.5 Å². The Kier molecular flexibility index (Phi) is 8.38. The van der Waals surface area contributed by atoms with Crippen LogP contribution in [0.4, 0.5) is 5.82 Å². The summed E-state index contributed by atoms with van der Waals surface area (Å²) in [4.78, 5) is 28.8. The van der Waals surface area contributed by atoms with Crippen LogP contribution in [-0.2, 0) is 14.3 Å². The molecular weight excluding hydrogens is 568 g/mol. The van der Waals surface area contributed by atoms with Gasteiger partial charge in [-0.1, -0.05) is 65.7 Å². The molecule has 216 valence electrons. The summed E-state index contributed by atoms with van der Waals surface area (Å²) in [6, 6.07) is 23.9. The molecule has 2 aliphatic heterocycles. The Morgan fingerprint density at radius 1 is 1.07 bits per heavy atom. The molecule has 42 heavy (non-hydrogen) atoms. The molecule has 2 atom stereocenters. The first kappa shape index (κ1) is 28.5. The maximum Gasteiger partial charge on any atom is 0.240 e. The maximum atomic E-state index is 13.9. The molecular formula is C33H33ClN4O3S. The number of anilines is 1. The highest BCUT2D eigenvalue weighted by Crippen LogP contribution is 2.49. The molecule has 3 heterocycles. The zero-order chi connectivity index (χ0) is 29.2. The van der Waals surface area contributed by atoms with Gasteiger partial charge in [0.1, 0.15) is 12.4 Å². The van der Waals surface area contributed by atoms with Gasteiger partial charge in [0.15, 0.2) is 0 Å². The van der Waals surface area contributed by atoms with Crippen molar-refractivity contribution in [1.29, 1.82) is 0 Å². The van der Waals surface area contributed by atoms with Crippen molar-refractivity contribution < 1.29 is 14.3 Å². The van der Waals surface area contributed by atoms with Crippen molar-refractivity contribution in [3.05, 3.63) is 100 Å². The molecule has 1 aromatic heterocycles. The van der Waals surface area contributed by atoms with Crippen molar-refractivity contribution in [3.63, 3.8) is 0 Å². The largest absolute Gasteiger partial charge is 0.376 e. The fourth-order valence-electron chi connectivity index (χ4n) is 5.57. The molecule has 0 bridgehead atoms. The molecule has 9 heteroatoms. The standard InChI is InChI=1S/C33H33ClN4O3S/c1-21-9-15-25(16-10-21)38-33-30(31(36-38)23-11-13-24(34)14-12-23)32(27-8-4-3-6-22(27)2)42-20-29(40)37(33)19-28(39)35-18-26-7-5-17-41-26/h3-4,6,8-16,26,32H,5,7,17-20H2,1-2H3,(H,35,39)/t26-,32-/m1/s1. The van der Waals surface area contributed by atoms with Crippen molar-refractivity contribution in [1.82, 2.24) is 15.1 Å². The number of hydrogen-bond acceptors (Lipinski definition) is 5. The SMILES string of the molecule is Cc1ccc(-n2nc(-c3ccc(Cl)cc3)c3c2N(CC(=O)NC[C@H]2CCCO2)C(=O)CS[C@@H]3c2ccccc2C)cc1. The highest BCUT2D eigenvalue weighted by Gasteiger charge is 2.38. The normalized spacial score (nSPS) is 18.5. The predicted molar refractivity (Wildman–Crippen MR) is 169 cm³/mol. The Morgan fingerprint density at radius 2 is 1.83 bits per heavy atom. The van der Waals surface area contributed by atoms with Gasteiger partial charge < -0.3 is 10.1 Å². The van der Waals surface area contributed by atoms with E-state index in [0.717, 1.165) is 58.6 Å². The maximum absolute atomic E-state index is 13.9. The zero-order valence-corrected chi connectivity index (χ0v) is 25.3. The number of carbonyl (C=O) groups is 2. The second-order valence-electron chi connectivity index (χ2n) is 10.8. The summed E-state index contributed by atoms with van der Waals surface area (Å²) in [7, 11) is 0. The van der Waals surface area contributed by atoms with Gasteiger partial charge in [-0.05, 0) is 62.1 Å². The highest BCUT2D eigenvalue weighted by atomic mass is 35.5. The predicted octanol–water partition coefficient (Wildman–Crippen LogP) is 6.27. The molecule has 3 aromatic carbocycles. The van der Waals surface area contributed by atoms with Gasteiger partial charge in [-0.15, -0.1) is 11.8 Å². The third-order valence-electron chi connectivity index (χ3n) is 7.81. The van der Waals surface area contributed by atoms with E-state index < -0.39 is 0 Å². The fraction of sp³-hybridized carbons (Fsp3) is 0.303. The number of benzene rings is 3. The van der Waals surface area contributed by atoms with Crippen LogP contribution in [0.2, 0.25) is 5.02 Å². The van der Waals surface area contributed by atoms with E-state index >= 15 is 0 Å². The van der Waals surface area contributed by atoms with Crippen LogP contribution in [0.1, 0.15) is 40.3 Å². The number of hydrogen-bond donors (Lipinski definition) is 1. The van der Waals surface area contributed by atoms with Crippen molar-refractivity contribution >= 4 is 41.0 Å². The molecule has 0 spiro atoms. The van der Waals surface area contributed by atoms with Crippen molar-refractivity contribution in [2.45, 2.75) is 38.0 Å². The molecule has 7 nitrogen and oxygen atoms in total. The lowest BCUT2D eigenvalue weighted by Crippen LogP contribution is -2.44. The molecule has 0 aliphatic carbocycles. The monoisotopic (exact) mass is 600 g/mol. The summed E-state index contributed by atoms with van der Waals surface area (Å²) < 4.78 is 7.51. The molecule has 4 aromatic rings. The quantitative estimate of drug-likeness (QED) is 0.270. The summed E-state index contributed by atoms with van der Waals surface area (Å²) in [5.74, 6) is 0.467. The van der Waals surface area contributed by atoms with Crippen molar-refractivity contribution in [3.8, 4) is 16.9 Å². The number of carbonyl (C=O) groups excluding carboxylic acids is 2. The molecule has 0 radical (unpaired) electrons. The van der Waals surface area contributed by atoms with Gasteiger partial charge in [0.2, 0.25) is 11.8 Å². The number of nitrogens with zero attached hydrogens (tertiary/aromatic N) is 3. The van der Waals surface area contributed by atoms with Crippen LogP contribution < -0.4 is 10.2 Å². The summed E-state index contributed by atoms with van der Waals surface area (Å²) >= 11 is 7.84. The number of thioether (sulfide) groups is 1. The average molecular weight is 601 g/mol. The van der Waals surface area contributed by atoms with Crippen molar-refractivity contribution in [2.24, 2.45) is 0 Å². The van der Waals surface area contributed by atoms with E-state index in [1.807, 2.05) is 72.3 Å². The first-order valence-corrected chi connectivity index (χ1v) is 15.6. The number of halogens is 1. The second-order valence-corrected chi connectivity index (χ2v) is 12.3. The van der Waals surface area contributed by atoms with E-state index in [1.165, 1.54) is 0 Å². The Hall–Kier alpha value is -3.59. The van der Waals surface area contributed by atoms with Gasteiger partial charge in [0.05, 0.1) is 28.5 Å². The van der Waals surface area contributed by atoms with E-state index in [2.05, 4.69) is 24.4 Å². The Morgan fingerprint density at radius 3 is 2.55 bits per heavy atom. The minimum atomic E-state index is -0.228. The van der Waals surface area contributed by atoms with Gasteiger partial charge in [-0.2, -0.15) is 5.10 Å². The minimum Gasteiger partial charge on any atom is -0.376 e. The number of aromatic nitrogens is 2.